The van der Waals surface area contributed by atoms with Gasteiger partial charge in [0.2, 0.25) is 0 Å². The van der Waals surface area contributed by atoms with E-state index in [1.807, 2.05) is 0 Å². The van der Waals surface area contributed by atoms with E-state index in [4.69, 9.17) is 10.8 Å². The van der Waals surface area contributed by atoms with Crippen molar-refractivity contribution < 1.29 is 9.50 Å². The summed E-state index contributed by atoms with van der Waals surface area (Å²) < 4.78 is 12.7. The average Bonchev–Trinajstić information content (AvgIpc) is 2.01. The molecule has 0 amide bonds. The number of aryl methyl sites for hydroxylation is 1. The van der Waals surface area contributed by atoms with Crippen LogP contribution in [0.3, 0.4) is 0 Å². The summed E-state index contributed by atoms with van der Waals surface area (Å²) in [5, 5.41) is 9.04. The van der Waals surface area contributed by atoms with Crippen LogP contribution in [0.25, 0.3) is 0 Å². The van der Waals surface area contributed by atoms with E-state index in [0.29, 0.717) is 13.0 Å². The van der Waals surface area contributed by atoms with E-state index in [2.05, 4.69) is 0 Å². The summed E-state index contributed by atoms with van der Waals surface area (Å²) in [6.45, 7) is 2.30. The van der Waals surface area contributed by atoms with Crippen molar-refractivity contribution >= 4 is 0 Å². The smallest absolute Gasteiger partial charge is 0.165 e. The van der Waals surface area contributed by atoms with Crippen LogP contribution in [0.15, 0.2) is 12.1 Å². The van der Waals surface area contributed by atoms with E-state index >= 15 is 0 Å². The maximum absolute atomic E-state index is 12.7. The average molecular weight is 169 g/mol. The van der Waals surface area contributed by atoms with Crippen LogP contribution in [0, 0.1) is 12.7 Å². The number of phenols is 1. The number of rotatable bonds is 2. The molecule has 2 nitrogen and oxygen atoms in total. The molecule has 0 bridgehead atoms. The Bertz CT molecular complexity index is 286. The molecule has 0 aliphatic heterocycles. The van der Waals surface area contributed by atoms with E-state index in [-0.39, 0.29) is 5.75 Å². The highest BCUT2D eigenvalue weighted by Gasteiger charge is 2.04. The van der Waals surface area contributed by atoms with Crippen LogP contribution in [-0.4, -0.2) is 11.7 Å². The molecule has 1 aromatic rings. The van der Waals surface area contributed by atoms with Crippen LogP contribution in [0.4, 0.5) is 4.39 Å². The van der Waals surface area contributed by atoms with Gasteiger partial charge in [-0.15, -0.1) is 0 Å². The van der Waals surface area contributed by atoms with Gasteiger partial charge in [-0.25, -0.2) is 4.39 Å². The van der Waals surface area contributed by atoms with Crippen LogP contribution < -0.4 is 5.73 Å². The van der Waals surface area contributed by atoms with Gasteiger partial charge in [0.25, 0.3) is 0 Å². The maximum atomic E-state index is 12.7. The Morgan fingerprint density at radius 1 is 1.50 bits per heavy atom. The minimum atomic E-state index is -0.576. The molecule has 3 heteroatoms. The number of benzene rings is 1. The molecule has 0 radical (unpaired) electrons. The monoisotopic (exact) mass is 169 g/mol. The van der Waals surface area contributed by atoms with Crippen molar-refractivity contribution in [2.45, 2.75) is 13.3 Å². The summed E-state index contributed by atoms with van der Waals surface area (Å²) in [4.78, 5) is 0. The van der Waals surface area contributed by atoms with Gasteiger partial charge in [-0.1, -0.05) is 0 Å². The number of hydrogen-bond donors (Lipinski definition) is 2. The zero-order chi connectivity index (χ0) is 9.14. The molecule has 0 aliphatic carbocycles. The fourth-order valence-electron chi connectivity index (χ4n) is 1.13. The SMILES string of the molecule is Cc1cc(F)c(O)cc1CCN. The molecule has 66 valence electrons. The molecule has 1 rings (SSSR count). The van der Waals surface area contributed by atoms with Gasteiger partial charge in [-0.3, -0.25) is 0 Å². The molecule has 0 atom stereocenters. The zero-order valence-corrected chi connectivity index (χ0v) is 6.97. The number of nitrogens with two attached hydrogens (primary N) is 1. The first kappa shape index (κ1) is 9.00. The highest BCUT2D eigenvalue weighted by Crippen LogP contribution is 2.20. The third-order valence-electron chi connectivity index (χ3n) is 1.82. The number of hydrogen-bond acceptors (Lipinski definition) is 2. The standard InChI is InChI=1S/C9H12FNO/c1-6-4-8(10)9(12)5-7(6)2-3-11/h4-5,12H,2-3,11H2,1H3. The van der Waals surface area contributed by atoms with Crippen molar-refractivity contribution in [2.24, 2.45) is 5.73 Å². The summed E-state index contributed by atoms with van der Waals surface area (Å²) in [6.07, 6.45) is 0.666. The van der Waals surface area contributed by atoms with E-state index in [1.54, 1.807) is 6.92 Å². The molecule has 0 aromatic heterocycles. The second-order valence-corrected chi connectivity index (χ2v) is 2.77. The fourth-order valence-corrected chi connectivity index (χ4v) is 1.13. The van der Waals surface area contributed by atoms with Gasteiger partial charge in [0, 0.05) is 0 Å². The predicted octanol–water partition coefficient (Wildman–Crippen LogP) is 1.34. The maximum Gasteiger partial charge on any atom is 0.165 e. The summed E-state index contributed by atoms with van der Waals surface area (Å²) in [7, 11) is 0. The molecule has 1 aromatic carbocycles. The third-order valence-corrected chi connectivity index (χ3v) is 1.82. The quantitative estimate of drug-likeness (QED) is 0.701. The Morgan fingerprint density at radius 2 is 2.17 bits per heavy atom. The zero-order valence-electron chi connectivity index (χ0n) is 6.97. The van der Waals surface area contributed by atoms with E-state index in [9.17, 15) is 4.39 Å². The highest BCUT2D eigenvalue weighted by molar-refractivity contribution is 5.35. The molecule has 0 unspecified atom stereocenters. The minimum Gasteiger partial charge on any atom is -0.505 e. The van der Waals surface area contributed by atoms with E-state index in [0.717, 1.165) is 11.1 Å². The first-order chi connectivity index (χ1) is 5.65. The summed E-state index contributed by atoms with van der Waals surface area (Å²) in [6, 6.07) is 2.75. The van der Waals surface area contributed by atoms with Gasteiger partial charge >= 0.3 is 0 Å². The Morgan fingerprint density at radius 3 is 2.75 bits per heavy atom. The molecule has 0 saturated carbocycles. The lowest BCUT2D eigenvalue weighted by Crippen LogP contribution is -2.04. The van der Waals surface area contributed by atoms with Crippen LogP contribution in [0.2, 0.25) is 0 Å². The number of phenolic OH excluding ortho intramolecular Hbond substituents is 1. The first-order valence-electron chi connectivity index (χ1n) is 3.83. The van der Waals surface area contributed by atoms with Crippen LogP contribution in [0.5, 0.6) is 5.75 Å². The van der Waals surface area contributed by atoms with Crippen LogP contribution >= 0.6 is 0 Å². The molecule has 0 saturated heterocycles. The normalized spacial score (nSPS) is 10.2. The second-order valence-electron chi connectivity index (χ2n) is 2.77. The molecular formula is C9H12FNO. The summed E-state index contributed by atoms with van der Waals surface area (Å²) >= 11 is 0. The van der Waals surface area contributed by atoms with E-state index in [1.165, 1.54) is 12.1 Å². The Labute approximate surface area is 70.8 Å². The topological polar surface area (TPSA) is 46.2 Å². The van der Waals surface area contributed by atoms with Gasteiger partial charge in [0.1, 0.15) is 0 Å². The molecule has 12 heavy (non-hydrogen) atoms. The largest absolute Gasteiger partial charge is 0.505 e. The fraction of sp³-hybridized carbons (Fsp3) is 0.333. The lowest BCUT2D eigenvalue weighted by molar-refractivity contribution is 0.431. The third kappa shape index (κ3) is 1.74. The van der Waals surface area contributed by atoms with Crippen molar-refractivity contribution in [1.82, 2.24) is 0 Å². The van der Waals surface area contributed by atoms with Crippen molar-refractivity contribution in [3.8, 4) is 5.75 Å². The minimum absolute atomic E-state index is 0.302. The van der Waals surface area contributed by atoms with Gasteiger partial charge < -0.3 is 10.8 Å². The lowest BCUT2D eigenvalue weighted by atomic mass is 10.1. The molecule has 0 fully saturated rings. The van der Waals surface area contributed by atoms with Crippen molar-refractivity contribution in [2.75, 3.05) is 6.54 Å². The Hall–Kier alpha value is -1.09. The van der Waals surface area contributed by atoms with E-state index < -0.39 is 5.82 Å². The van der Waals surface area contributed by atoms with Crippen molar-refractivity contribution in [3.63, 3.8) is 0 Å². The molecule has 0 heterocycles. The summed E-state index contributed by atoms with van der Waals surface area (Å²) in [5.74, 6) is -0.877. The first-order valence-corrected chi connectivity index (χ1v) is 3.83. The Balaban J connectivity index is 3.05. The lowest BCUT2D eigenvalue weighted by Gasteiger charge is -2.05. The molecule has 0 aliphatic rings. The summed E-state index contributed by atoms with van der Waals surface area (Å²) in [5.41, 5.74) is 7.07. The molecular weight excluding hydrogens is 157 g/mol. The highest BCUT2D eigenvalue weighted by atomic mass is 19.1. The second kappa shape index (κ2) is 3.54. The van der Waals surface area contributed by atoms with Gasteiger partial charge in [-0.05, 0) is 43.1 Å². The van der Waals surface area contributed by atoms with Crippen molar-refractivity contribution in [1.29, 1.82) is 0 Å². The molecule has 3 N–H and O–H groups in total. The van der Waals surface area contributed by atoms with Crippen molar-refractivity contribution in [3.05, 3.63) is 29.1 Å². The number of aromatic hydroxyl groups is 1. The van der Waals surface area contributed by atoms with Gasteiger partial charge in [0.15, 0.2) is 11.6 Å². The van der Waals surface area contributed by atoms with Gasteiger partial charge in [0.05, 0.1) is 0 Å². The predicted molar refractivity (Wildman–Crippen MR) is 45.6 cm³/mol. The Kier molecular flexibility index (Phi) is 2.65. The van der Waals surface area contributed by atoms with Gasteiger partial charge in [-0.2, -0.15) is 0 Å². The van der Waals surface area contributed by atoms with Crippen LogP contribution in [0.1, 0.15) is 11.1 Å². The number of halogens is 1. The molecule has 0 spiro atoms. The van der Waals surface area contributed by atoms with Crippen LogP contribution in [-0.2, 0) is 6.42 Å².